The van der Waals surface area contributed by atoms with Gasteiger partial charge in [-0.15, -0.1) is 5.73 Å². The first kappa shape index (κ1) is 24.9. The van der Waals surface area contributed by atoms with Gasteiger partial charge in [0.2, 0.25) is 0 Å². The van der Waals surface area contributed by atoms with Gasteiger partial charge in [0.15, 0.2) is 0 Å². The summed E-state index contributed by atoms with van der Waals surface area (Å²) in [7, 11) is 0. The van der Waals surface area contributed by atoms with Crippen molar-refractivity contribution in [3.05, 3.63) is 83.1 Å². The van der Waals surface area contributed by atoms with Crippen LogP contribution in [0.1, 0.15) is 43.9 Å². The van der Waals surface area contributed by atoms with E-state index in [2.05, 4.69) is 19.6 Å². The summed E-state index contributed by atoms with van der Waals surface area (Å²) in [4.78, 5) is 0. The summed E-state index contributed by atoms with van der Waals surface area (Å²) in [6, 6.07) is 17.1. The third-order valence-electron chi connectivity index (χ3n) is 4.81. The standard InChI is InChI=1S/C26H34O5/c1-20(2)22(16-24(28)19-30-18-21-8-4-3-5-9-21)10-7-13-26(29)23-11-6-12-25(17-23)31-15-14-27/h3-9,11-12,17,20,24,26-29H,13-16,18-19H2,1-2H3/t10?,24-,26-/m1/s1. The van der Waals surface area contributed by atoms with Gasteiger partial charge in [0.1, 0.15) is 12.4 Å². The first-order valence-electron chi connectivity index (χ1n) is 10.7. The minimum atomic E-state index is -0.683. The fourth-order valence-electron chi connectivity index (χ4n) is 3.07. The van der Waals surface area contributed by atoms with Crippen molar-refractivity contribution in [3.63, 3.8) is 0 Å². The molecule has 5 nitrogen and oxygen atoms in total. The molecule has 3 N–H and O–H groups in total. The quantitative estimate of drug-likeness (QED) is 0.419. The summed E-state index contributed by atoms with van der Waals surface area (Å²) < 4.78 is 11.0. The Kier molecular flexibility index (Phi) is 11.1. The highest BCUT2D eigenvalue weighted by molar-refractivity contribution is 5.30. The molecule has 0 saturated heterocycles. The molecule has 5 heteroatoms. The van der Waals surface area contributed by atoms with Crippen LogP contribution >= 0.6 is 0 Å². The second-order valence-electron chi connectivity index (χ2n) is 7.78. The monoisotopic (exact) mass is 426 g/mol. The van der Waals surface area contributed by atoms with Gasteiger partial charge in [-0.25, -0.2) is 0 Å². The van der Waals surface area contributed by atoms with E-state index in [1.165, 1.54) is 0 Å². The zero-order chi connectivity index (χ0) is 22.5. The summed E-state index contributed by atoms with van der Waals surface area (Å²) in [5, 5.41) is 29.7. The van der Waals surface area contributed by atoms with Gasteiger partial charge in [-0.1, -0.05) is 56.3 Å². The van der Waals surface area contributed by atoms with Crippen molar-refractivity contribution in [1.82, 2.24) is 0 Å². The Morgan fingerprint density at radius 1 is 1.06 bits per heavy atom. The van der Waals surface area contributed by atoms with Crippen LogP contribution in [0.3, 0.4) is 0 Å². The van der Waals surface area contributed by atoms with Crippen LogP contribution in [-0.4, -0.2) is 41.2 Å². The zero-order valence-corrected chi connectivity index (χ0v) is 18.4. The Balaban J connectivity index is 1.88. The molecule has 2 aromatic rings. The zero-order valence-electron chi connectivity index (χ0n) is 18.4. The summed E-state index contributed by atoms with van der Waals surface area (Å²) in [6.07, 6.45) is 1.41. The molecule has 0 fully saturated rings. The molecule has 2 atom stereocenters. The molecule has 0 aromatic heterocycles. The maximum atomic E-state index is 10.5. The van der Waals surface area contributed by atoms with Gasteiger partial charge in [0.25, 0.3) is 0 Å². The molecule has 0 radical (unpaired) electrons. The first-order valence-corrected chi connectivity index (χ1v) is 10.7. The predicted molar refractivity (Wildman–Crippen MR) is 122 cm³/mol. The molecule has 31 heavy (non-hydrogen) atoms. The lowest BCUT2D eigenvalue weighted by molar-refractivity contribution is 0.0280. The SMILES string of the molecule is CC(C)C(=C=CC[C@@H](O)c1cccc(OCCO)c1)C[C@@H](O)COCc1ccccc1. The number of aliphatic hydroxyl groups excluding tert-OH is 3. The lowest BCUT2D eigenvalue weighted by atomic mass is 9.97. The van der Waals surface area contributed by atoms with Gasteiger partial charge in [-0.05, 0) is 40.8 Å². The summed E-state index contributed by atoms with van der Waals surface area (Å²) >= 11 is 0. The van der Waals surface area contributed by atoms with E-state index in [1.807, 2.05) is 48.5 Å². The Morgan fingerprint density at radius 3 is 2.55 bits per heavy atom. The summed E-state index contributed by atoms with van der Waals surface area (Å²) in [5.74, 6) is 0.846. The van der Waals surface area contributed by atoms with Gasteiger partial charge >= 0.3 is 0 Å². The maximum absolute atomic E-state index is 10.5. The molecular formula is C26H34O5. The van der Waals surface area contributed by atoms with Crippen molar-refractivity contribution >= 4 is 0 Å². The Morgan fingerprint density at radius 2 is 1.84 bits per heavy atom. The van der Waals surface area contributed by atoms with E-state index < -0.39 is 12.2 Å². The largest absolute Gasteiger partial charge is 0.491 e. The van der Waals surface area contributed by atoms with Crippen molar-refractivity contribution in [2.24, 2.45) is 5.92 Å². The van der Waals surface area contributed by atoms with Crippen LogP contribution in [-0.2, 0) is 11.3 Å². The van der Waals surface area contributed by atoms with Crippen LogP contribution in [0.4, 0.5) is 0 Å². The molecule has 2 aromatic carbocycles. The van der Waals surface area contributed by atoms with Crippen LogP contribution < -0.4 is 4.74 Å². The molecule has 0 amide bonds. The first-order chi connectivity index (χ1) is 15.0. The molecular weight excluding hydrogens is 392 g/mol. The van der Waals surface area contributed by atoms with Crippen LogP contribution in [0, 0.1) is 5.92 Å². The minimum absolute atomic E-state index is 0.0541. The highest BCUT2D eigenvalue weighted by Gasteiger charge is 2.12. The van der Waals surface area contributed by atoms with Crippen LogP contribution in [0.5, 0.6) is 5.75 Å². The normalized spacial score (nSPS) is 12.8. The fourth-order valence-corrected chi connectivity index (χ4v) is 3.07. The van der Waals surface area contributed by atoms with E-state index in [4.69, 9.17) is 14.6 Å². The fraction of sp³-hybridized carbons (Fsp3) is 0.423. The van der Waals surface area contributed by atoms with Crippen molar-refractivity contribution in [3.8, 4) is 5.75 Å². The minimum Gasteiger partial charge on any atom is -0.491 e. The van der Waals surface area contributed by atoms with E-state index in [0.717, 1.165) is 16.7 Å². The molecule has 0 bridgehead atoms. The highest BCUT2D eigenvalue weighted by atomic mass is 16.5. The van der Waals surface area contributed by atoms with Crippen LogP contribution in [0.15, 0.2) is 72.0 Å². The number of hydrogen-bond donors (Lipinski definition) is 3. The number of hydrogen-bond acceptors (Lipinski definition) is 5. The van der Waals surface area contributed by atoms with Gasteiger partial charge in [0.05, 0.1) is 32.0 Å². The molecule has 0 saturated carbocycles. The summed E-state index contributed by atoms with van der Waals surface area (Å²) in [6.45, 7) is 5.02. The molecule has 0 aliphatic heterocycles. The molecule has 0 spiro atoms. The Bertz CT molecular complexity index is 825. The molecule has 0 aliphatic carbocycles. The average molecular weight is 427 g/mol. The average Bonchev–Trinajstić information content (AvgIpc) is 2.77. The van der Waals surface area contributed by atoms with Gasteiger partial charge in [0, 0.05) is 12.8 Å². The third-order valence-corrected chi connectivity index (χ3v) is 4.81. The number of rotatable bonds is 13. The lowest BCUT2D eigenvalue weighted by Gasteiger charge is -2.15. The van der Waals surface area contributed by atoms with E-state index in [1.54, 1.807) is 12.1 Å². The summed E-state index contributed by atoms with van der Waals surface area (Å²) in [5.41, 5.74) is 6.07. The van der Waals surface area contributed by atoms with E-state index in [-0.39, 0.29) is 25.7 Å². The smallest absolute Gasteiger partial charge is 0.119 e. The number of ether oxygens (including phenoxy) is 2. The second kappa shape index (κ2) is 13.8. The van der Waals surface area contributed by atoms with Gasteiger partial charge < -0.3 is 24.8 Å². The Hall–Kier alpha value is -2.40. The predicted octanol–water partition coefficient (Wildman–Crippen LogP) is 4.19. The molecule has 0 aliphatic rings. The second-order valence-corrected chi connectivity index (χ2v) is 7.78. The Labute approximate surface area is 185 Å². The third kappa shape index (κ3) is 9.52. The molecule has 2 rings (SSSR count). The van der Waals surface area contributed by atoms with E-state index in [9.17, 15) is 10.2 Å². The van der Waals surface area contributed by atoms with Crippen molar-refractivity contribution in [1.29, 1.82) is 0 Å². The van der Waals surface area contributed by atoms with Crippen molar-refractivity contribution in [2.45, 2.75) is 45.5 Å². The van der Waals surface area contributed by atoms with Crippen LogP contribution in [0.2, 0.25) is 0 Å². The molecule has 168 valence electrons. The van der Waals surface area contributed by atoms with Gasteiger partial charge in [-0.2, -0.15) is 0 Å². The molecule has 0 heterocycles. The number of benzene rings is 2. The maximum Gasteiger partial charge on any atom is 0.119 e. The van der Waals surface area contributed by atoms with Crippen molar-refractivity contribution in [2.75, 3.05) is 19.8 Å². The van der Waals surface area contributed by atoms with E-state index >= 15 is 0 Å². The van der Waals surface area contributed by atoms with Gasteiger partial charge in [-0.3, -0.25) is 0 Å². The number of aliphatic hydroxyl groups is 3. The topological polar surface area (TPSA) is 79.2 Å². The van der Waals surface area contributed by atoms with Crippen molar-refractivity contribution < 1.29 is 24.8 Å². The molecule has 0 unspecified atom stereocenters. The highest BCUT2D eigenvalue weighted by Crippen LogP contribution is 2.22. The lowest BCUT2D eigenvalue weighted by Crippen LogP contribution is -2.17. The van der Waals surface area contributed by atoms with Crippen LogP contribution in [0.25, 0.3) is 0 Å². The van der Waals surface area contributed by atoms with E-state index in [0.29, 0.717) is 25.2 Å².